The maximum absolute atomic E-state index is 12.5. The van der Waals surface area contributed by atoms with E-state index < -0.39 is 0 Å². The topological polar surface area (TPSA) is 72.2 Å². The molecule has 3 aromatic heterocycles. The van der Waals surface area contributed by atoms with Gasteiger partial charge in [0.05, 0.1) is 16.4 Å². The minimum Gasteiger partial charge on any atom is -0.321 e. The fourth-order valence-corrected chi connectivity index (χ4v) is 3.77. The number of nitrogens with one attached hydrogen (secondary N) is 1. The summed E-state index contributed by atoms with van der Waals surface area (Å²) in [5.41, 5.74) is 4.27. The second kappa shape index (κ2) is 6.34. The minimum atomic E-state index is -0.140. The van der Waals surface area contributed by atoms with Crippen LogP contribution in [0.5, 0.6) is 0 Å². The van der Waals surface area contributed by atoms with Crippen LogP contribution in [-0.2, 0) is 0 Å². The fourth-order valence-electron chi connectivity index (χ4n) is 2.95. The van der Waals surface area contributed by atoms with Gasteiger partial charge in [0.1, 0.15) is 4.88 Å². The van der Waals surface area contributed by atoms with Gasteiger partial charge in [0.15, 0.2) is 0 Å². The predicted octanol–water partition coefficient (Wildman–Crippen LogP) is 4.03. The zero-order chi connectivity index (χ0) is 18.3. The zero-order valence-corrected chi connectivity index (χ0v) is 15.5. The van der Waals surface area contributed by atoms with Crippen LogP contribution in [0.3, 0.4) is 0 Å². The Balaban J connectivity index is 1.67. The van der Waals surface area contributed by atoms with Crippen molar-refractivity contribution < 1.29 is 4.79 Å². The van der Waals surface area contributed by atoms with Crippen molar-refractivity contribution >= 4 is 28.7 Å². The number of thiazole rings is 1. The molecule has 4 aromatic rings. The summed E-state index contributed by atoms with van der Waals surface area (Å²) in [6, 6.07) is 9.56. The third kappa shape index (κ3) is 2.86. The van der Waals surface area contributed by atoms with E-state index in [0.29, 0.717) is 10.7 Å². The molecule has 0 bridgehead atoms. The minimum absolute atomic E-state index is 0.140. The maximum atomic E-state index is 12.5. The Bertz CT molecular complexity index is 1130. The molecule has 0 aliphatic carbocycles. The standard InChI is InChI=1S/C19H17N5OS/c1-11-17(26-13(3)21-11)18(25)22-15-7-4-6-14(10-15)16-12(2)24-9-5-8-20-19(24)23-16/h4-10H,1-3H3,(H,22,25). The van der Waals surface area contributed by atoms with Crippen molar-refractivity contribution in [1.29, 1.82) is 0 Å². The van der Waals surface area contributed by atoms with E-state index in [1.807, 2.05) is 61.7 Å². The van der Waals surface area contributed by atoms with Crippen molar-refractivity contribution in [3.8, 4) is 11.3 Å². The van der Waals surface area contributed by atoms with Gasteiger partial charge in [-0.2, -0.15) is 0 Å². The van der Waals surface area contributed by atoms with E-state index in [4.69, 9.17) is 0 Å². The highest BCUT2D eigenvalue weighted by Gasteiger charge is 2.15. The molecule has 0 radical (unpaired) electrons. The van der Waals surface area contributed by atoms with Crippen LogP contribution in [0.4, 0.5) is 5.69 Å². The second-order valence-electron chi connectivity index (χ2n) is 6.02. The first kappa shape index (κ1) is 16.4. The molecule has 4 rings (SSSR count). The van der Waals surface area contributed by atoms with E-state index in [9.17, 15) is 4.79 Å². The molecular weight excluding hydrogens is 346 g/mol. The zero-order valence-electron chi connectivity index (χ0n) is 14.6. The summed E-state index contributed by atoms with van der Waals surface area (Å²) < 4.78 is 1.95. The number of anilines is 1. The van der Waals surface area contributed by atoms with Gasteiger partial charge < -0.3 is 5.32 Å². The van der Waals surface area contributed by atoms with Crippen LogP contribution in [-0.4, -0.2) is 25.3 Å². The molecule has 0 atom stereocenters. The second-order valence-corrected chi connectivity index (χ2v) is 7.22. The number of fused-ring (bicyclic) bond motifs is 1. The molecule has 130 valence electrons. The third-order valence-electron chi connectivity index (χ3n) is 4.15. The molecule has 1 amide bonds. The van der Waals surface area contributed by atoms with E-state index in [-0.39, 0.29) is 5.91 Å². The molecule has 0 aliphatic rings. The molecule has 26 heavy (non-hydrogen) atoms. The van der Waals surface area contributed by atoms with Crippen LogP contribution < -0.4 is 5.32 Å². The van der Waals surface area contributed by atoms with Crippen LogP contribution >= 0.6 is 11.3 Å². The van der Waals surface area contributed by atoms with Crippen molar-refractivity contribution in [3.63, 3.8) is 0 Å². The normalized spacial score (nSPS) is 11.0. The summed E-state index contributed by atoms with van der Waals surface area (Å²) in [6.07, 6.45) is 3.66. The molecule has 0 aliphatic heterocycles. The molecule has 1 aromatic carbocycles. The lowest BCUT2D eigenvalue weighted by molar-refractivity contribution is 0.103. The number of aromatic nitrogens is 4. The van der Waals surface area contributed by atoms with Crippen LogP contribution in [0, 0.1) is 20.8 Å². The number of amides is 1. The highest BCUT2D eigenvalue weighted by Crippen LogP contribution is 2.26. The molecule has 0 spiro atoms. The lowest BCUT2D eigenvalue weighted by Gasteiger charge is -2.06. The molecule has 0 unspecified atom stereocenters. The van der Waals surface area contributed by atoms with Crippen molar-refractivity contribution in [2.75, 3.05) is 5.32 Å². The van der Waals surface area contributed by atoms with Crippen molar-refractivity contribution in [3.05, 3.63) is 64.0 Å². The Morgan fingerprint density at radius 2 is 2.00 bits per heavy atom. The Morgan fingerprint density at radius 1 is 1.15 bits per heavy atom. The van der Waals surface area contributed by atoms with E-state index in [2.05, 4.69) is 20.3 Å². The highest BCUT2D eigenvalue weighted by atomic mass is 32.1. The van der Waals surface area contributed by atoms with Gasteiger partial charge in [-0.3, -0.25) is 9.20 Å². The number of carbonyl (C=O) groups is 1. The number of carbonyl (C=O) groups excluding carboxylic acids is 1. The van der Waals surface area contributed by atoms with Gasteiger partial charge in [-0.05, 0) is 39.0 Å². The Kier molecular flexibility index (Phi) is 4.00. The maximum Gasteiger partial charge on any atom is 0.267 e. The van der Waals surface area contributed by atoms with E-state index in [1.165, 1.54) is 11.3 Å². The van der Waals surface area contributed by atoms with Gasteiger partial charge in [-0.15, -0.1) is 11.3 Å². The van der Waals surface area contributed by atoms with Crippen LogP contribution in [0.1, 0.15) is 26.1 Å². The first-order valence-electron chi connectivity index (χ1n) is 8.18. The number of aryl methyl sites for hydroxylation is 3. The van der Waals surface area contributed by atoms with Crippen LogP contribution in [0.15, 0.2) is 42.7 Å². The van der Waals surface area contributed by atoms with E-state index >= 15 is 0 Å². The average Bonchev–Trinajstić information content (AvgIpc) is 3.15. The van der Waals surface area contributed by atoms with E-state index in [0.717, 1.165) is 33.3 Å². The molecule has 0 fully saturated rings. The molecular formula is C19H17N5OS. The average molecular weight is 363 g/mol. The van der Waals surface area contributed by atoms with Gasteiger partial charge in [-0.25, -0.2) is 15.0 Å². The number of hydrogen-bond donors (Lipinski definition) is 1. The van der Waals surface area contributed by atoms with Crippen molar-refractivity contribution in [2.24, 2.45) is 0 Å². The van der Waals surface area contributed by atoms with Crippen molar-refractivity contribution in [1.82, 2.24) is 19.4 Å². The van der Waals surface area contributed by atoms with Crippen molar-refractivity contribution in [2.45, 2.75) is 20.8 Å². The molecule has 0 saturated heterocycles. The quantitative estimate of drug-likeness (QED) is 0.596. The number of imidazole rings is 1. The Hall–Kier alpha value is -3.06. The Labute approximate surface area is 154 Å². The molecule has 3 heterocycles. The molecule has 0 saturated carbocycles. The molecule has 1 N–H and O–H groups in total. The summed E-state index contributed by atoms with van der Waals surface area (Å²) in [7, 11) is 0. The summed E-state index contributed by atoms with van der Waals surface area (Å²) in [5, 5.41) is 3.84. The highest BCUT2D eigenvalue weighted by molar-refractivity contribution is 7.13. The lowest BCUT2D eigenvalue weighted by atomic mass is 10.1. The predicted molar refractivity (Wildman–Crippen MR) is 103 cm³/mol. The monoisotopic (exact) mass is 363 g/mol. The summed E-state index contributed by atoms with van der Waals surface area (Å²) in [4.78, 5) is 26.4. The third-order valence-corrected chi connectivity index (χ3v) is 5.22. The van der Waals surface area contributed by atoms with Gasteiger partial charge in [0.25, 0.3) is 5.91 Å². The van der Waals surface area contributed by atoms with E-state index in [1.54, 1.807) is 6.20 Å². The number of nitrogens with zero attached hydrogens (tertiary/aromatic N) is 4. The first-order valence-corrected chi connectivity index (χ1v) is 9.00. The SMILES string of the molecule is Cc1nc(C)c(C(=O)Nc2cccc(-c3nc4ncccn4c3C)c2)s1. The smallest absolute Gasteiger partial charge is 0.267 e. The molecule has 6 nitrogen and oxygen atoms in total. The largest absolute Gasteiger partial charge is 0.321 e. The number of rotatable bonds is 3. The van der Waals surface area contributed by atoms with Crippen LogP contribution in [0.2, 0.25) is 0 Å². The van der Waals surface area contributed by atoms with Gasteiger partial charge in [0.2, 0.25) is 5.78 Å². The number of benzene rings is 1. The van der Waals surface area contributed by atoms with Gasteiger partial charge in [0, 0.05) is 29.3 Å². The lowest BCUT2D eigenvalue weighted by Crippen LogP contribution is -2.11. The van der Waals surface area contributed by atoms with Gasteiger partial charge in [-0.1, -0.05) is 12.1 Å². The summed E-state index contributed by atoms with van der Waals surface area (Å²) in [5.74, 6) is 0.517. The summed E-state index contributed by atoms with van der Waals surface area (Å²) in [6.45, 7) is 5.75. The molecule has 7 heteroatoms. The fraction of sp³-hybridized carbons (Fsp3) is 0.158. The number of hydrogen-bond acceptors (Lipinski definition) is 5. The summed E-state index contributed by atoms with van der Waals surface area (Å²) >= 11 is 1.40. The Morgan fingerprint density at radius 3 is 2.73 bits per heavy atom. The first-order chi connectivity index (χ1) is 12.5. The van der Waals surface area contributed by atoms with Crippen LogP contribution in [0.25, 0.3) is 17.0 Å². The van der Waals surface area contributed by atoms with Gasteiger partial charge >= 0.3 is 0 Å².